The van der Waals surface area contributed by atoms with Crippen LogP contribution in [0, 0.1) is 0 Å². The Bertz CT molecular complexity index is 1040. The number of hydrogen-bond donors (Lipinski definition) is 1. The van der Waals surface area contributed by atoms with Crippen LogP contribution in [0.5, 0.6) is 11.8 Å². The highest BCUT2D eigenvalue weighted by Crippen LogP contribution is 2.39. The SMILES string of the molecule is COc1cc(-c2ccc3c(c2)COc2nc(N4CCC(S)C4)ccc2-3)cnn1. The highest BCUT2D eigenvalue weighted by atomic mass is 32.1. The number of thiol groups is 1. The standard InChI is InChI=1S/C21H20N4O2S/c1-26-20-9-14(10-22-24-20)13-2-3-17-15(8-13)12-27-21-18(17)4-5-19(23-21)25-7-6-16(28)11-25/h2-5,8-10,16,28H,6-7,11-12H2,1H3. The van der Waals surface area contributed by atoms with Crippen LogP contribution in [0.3, 0.4) is 0 Å². The fourth-order valence-electron chi connectivity index (χ4n) is 3.78. The molecule has 0 aliphatic carbocycles. The summed E-state index contributed by atoms with van der Waals surface area (Å²) in [6, 6.07) is 12.4. The number of fused-ring (bicyclic) bond motifs is 3. The number of ether oxygens (including phenoxy) is 2. The Kier molecular flexibility index (Phi) is 4.31. The minimum Gasteiger partial charge on any atom is -0.480 e. The Hall–Kier alpha value is -2.80. The summed E-state index contributed by atoms with van der Waals surface area (Å²) in [5.74, 6) is 2.16. The molecule has 6 nitrogen and oxygen atoms in total. The van der Waals surface area contributed by atoms with Crippen molar-refractivity contribution in [3.63, 3.8) is 0 Å². The molecule has 2 aliphatic rings. The molecular weight excluding hydrogens is 372 g/mol. The smallest absolute Gasteiger partial charge is 0.233 e. The van der Waals surface area contributed by atoms with Crippen molar-refractivity contribution in [3.8, 4) is 34.0 Å². The molecule has 3 aromatic rings. The predicted molar refractivity (Wildman–Crippen MR) is 111 cm³/mol. The summed E-state index contributed by atoms with van der Waals surface area (Å²) in [4.78, 5) is 7.03. The quantitative estimate of drug-likeness (QED) is 0.687. The summed E-state index contributed by atoms with van der Waals surface area (Å²) < 4.78 is 11.2. The Morgan fingerprint density at radius 2 is 2.04 bits per heavy atom. The Morgan fingerprint density at radius 1 is 1.14 bits per heavy atom. The molecule has 0 radical (unpaired) electrons. The van der Waals surface area contributed by atoms with Gasteiger partial charge in [0.1, 0.15) is 12.4 Å². The lowest BCUT2D eigenvalue weighted by Crippen LogP contribution is -2.21. The zero-order valence-corrected chi connectivity index (χ0v) is 16.4. The van der Waals surface area contributed by atoms with Crippen molar-refractivity contribution >= 4 is 18.4 Å². The number of rotatable bonds is 3. The lowest BCUT2D eigenvalue weighted by molar-refractivity contribution is 0.290. The van der Waals surface area contributed by atoms with E-state index in [0.29, 0.717) is 23.6 Å². The van der Waals surface area contributed by atoms with Gasteiger partial charge in [-0.1, -0.05) is 12.1 Å². The molecule has 2 aliphatic heterocycles. The van der Waals surface area contributed by atoms with Crippen LogP contribution in [0.25, 0.3) is 22.3 Å². The van der Waals surface area contributed by atoms with Gasteiger partial charge in [0.15, 0.2) is 0 Å². The van der Waals surface area contributed by atoms with Gasteiger partial charge in [0.2, 0.25) is 11.8 Å². The van der Waals surface area contributed by atoms with E-state index in [2.05, 4.69) is 58.1 Å². The van der Waals surface area contributed by atoms with Crippen molar-refractivity contribution in [2.75, 3.05) is 25.1 Å². The second-order valence-electron chi connectivity index (χ2n) is 7.06. The summed E-state index contributed by atoms with van der Waals surface area (Å²) >= 11 is 4.57. The van der Waals surface area contributed by atoms with Crippen LogP contribution in [0.4, 0.5) is 5.82 Å². The van der Waals surface area contributed by atoms with E-state index in [4.69, 9.17) is 14.5 Å². The van der Waals surface area contributed by atoms with Crippen LogP contribution in [-0.2, 0) is 6.61 Å². The number of anilines is 1. The van der Waals surface area contributed by atoms with E-state index >= 15 is 0 Å². The first kappa shape index (κ1) is 17.3. The molecule has 1 aromatic carbocycles. The van der Waals surface area contributed by atoms with Gasteiger partial charge in [0.25, 0.3) is 0 Å². The van der Waals surface area contributed by atoms with Gasteiger partial charge < -0.3 is 14.4 Å². The van der Waals surface area contributed by atoms with Gasteiger partial charge in [-0.3, -0.25) is 0 Å². The van der Waals surface area contributed by atoms with Gasteiger partial charge in [-0.25, -0.2) is 0 Å². The van der Waals surface area contributed by atoms with Crippen molar-refractivity contribution in [1.29, 1.82) is 0 Å². The maximum atomic E-state index is 6.00. The maximum Gasteiger partial charge on any atom is 0.233 e. The summed E-state index contributed by atoms with van der Waals surface area (Å²) in [5, 5.41) is 8.35. The van der Waals surface area contributed by atoms with Crippen LogP contribution in [-0.4, -0.2) is 40.6 Å². The molecule has 4 heterocycles. The Balaban J connectivity index is 1.48. The lowest BCUT2D eigenvalue weighted by Gasteiger charge is -2.23. The van der Waals surface area contributed by atoms with E-state index in [-0.39, 0.29) is 0 Å². The summed E-state index contributed by atoms with van der Waals surface area (Å²) in [5.41, 5.74) is 5.34. The average molecular weight is 392 g/mol. The number of methoxy groups -OCH3 is 1. The third-order valence-electron chi connectivity index (χ3n) is 5.27. The van der Waals surface area contributed by atoms with E-state index in [1.165, 1.54) is 0 Å². The minimum atomic E-state index is 0.416. The third kappa shape index (κ3) is 3.05. The van der Waals surface area contributed by atoms with Gasteiger partial charge in [0, 0.05) is 35.5 Å². The highest BCUT2D eigenvalue weighted by molar-refractivity contribution is 7.81. The fourth-order valence-corrected chi connectivity index (χ4v) is 4.09. The molecule has 28 heavy (non-hydrogen) atoms. The van der Waals surface area contributed by atoms with Crippen LogP contribution in [0.2, 0.25) is 0 Å². The Labute approximate surface area is 168 Å². The molecule has 1 unspecified atom stereocenters. The number of aromatic nitrogens is 3. The van der Waals surface area contributed by atoms with Gasteiger partial charge in [-0.15, -0.1) is 5.10 Å². The number of hydrogen-bond acceptors (Lipinski definition) is 7. The van der Waals surface area contributed by atoms with E-state index in [1.807, 2.05) is 6.07 Å². The second-order valence-corrected chi connectivity index (χ2v) is 7.79. The van der Waals surface area contributed by atoms with Crippen LogP contribution < -0.4 is 14.4 Å². The molecule has 0 N–H and O–H groups in total. The van der Waals surface area contributed by atoms with E-state index in [9.17, 15) is 0 Å². The number of pyridine rings is 1. The van der Waals surface area contributed by atoms with Crippen molar-refractivity contribution < 1.29 is 9.47 Å². The first-order chi connectivity index (χ1) is 13.7. The normalized spacial score (nSPS) is 17.6. The van der Waals surface area contributed by atoms with Crippen LogP contribution >= 0.6 is 12.6 Å². The lowest BCUT2D eigenvalue weighted by atomic mass is 9.95. The predicted octanol–water partition coefficient (Wildman–Crippen LogP) is 3.62. The molecule has 2 aromatic heterocycles. The molecule has 1 saturated heterocycles. The largest absolute Gasteiger partial charge is 0.480 e. The topological polar surface area (TPSA) is 60.4 Å². The van der Waals surface area contributed by atoms with Crippen molar-refractivity contribution in [2.24, 2.45) is 0 Å². The molecular formula is C21H20N4O2S. The average Bonchev–Trinajstić information content (AvgIpc) is 3.19. The summed E-state index contributed by atoms with van der Waals surface area (Å²) in [6.45, 7) is 2.42. The summed E-state index contributed by atoms with van der Waals surface area (Å²) in [6.07, 6.45) is 2.82. The van der Waals surface area contributed by atoms with Crippen molar-refractivity contribution in [3.05, 3.63) is 48.2 Å². The highest BCUT2D eigenvalue weighted by Gasteiger charge is 2.24. The van der Waals surface area contributed by atoms with Gasteiger partial charge in [0.05, 0.1) is 13.3 Å². The summed E-state index contributed by atoms with van der Waals surface area (Å²) in [7, 11) is 1.59. The fraction of sp³-hybridized carbons (Fsp3) is 0.286. The Morgan fingerprint density at radius 3 is 2.86 bits per heavy atom. The maximum absolute atomic E-state index is 6.00. The molecule has 142 valence electrons. The van der Waals surface area contributed by atoms with Crippen molar-refractivity contribution in [1.82, 2.24) is 15.2 Å². The van der Waals surface area contributed by atoms with E-state index in [0.717, 1.165) is 53.1 Å². The number of benzene rings is 1. The molecule has 0 amide bonds. The molecule has 7 heteroatoms. The minimum absolute atomic E-state index is 0.416. The monoisotopic (exact) mass is 392 g/mol. The second kappa shape index (κ2) is 6.98. The molecule has 0 spiro atoms. The molecule has 0 bridgehead atoms. The first-order valence-electron chi connectivity index (χ1n) is 9.28. The molecule has 1 atom stereocenters. The zero-order chi connectivity index (χ0) is 19.1. The van der Waals surface area contributed by atoms with E-state index < -0.39 is 0 Å². The van der Waals surface area contributed by atoms with Crippen LogP contribution in [0.1, 0.15) is 12.0 Å². The molecule has 5 rings (SSSR count). The van der Waals surface area contributed by atoms with Crippen LogP contribution in [0.15, 0.2) is 42.6 Å². The molecule has 0 saturated carbocycles. The van der Waals surface area contributed by atoms with E-state index in [1.54, 1.807) is 13.3 Å². The third-order valence-corrected chi connectivity index (χ3v) is 5.69. The number of nitrogens with zero attached hydrogens (tertiary/aromatic N) is 4. The van der Waals surface area contributed by atoms with Crippen molar-refractivity contribution in [2.45, 2.75) is 18.3 Å². The molecule has 1 fully saturated rings. The zero-order valence-electron chi connectivity index (χ0n) is 15.5. The van der Waals surface area contributed by atoms with Gasteiger partial charge in [-0.2, -0.15) is 22.7 Å². The van der Waals surface area contributed by atoms with Gasteiger partial charge in [-0.05, 0) is 41.3 Å². The van der Waals surface area contributed by atoms with Gasteiger partial charge >= 0.3 is 0 Å². The first-order valence-corrected chi connectivity index (χ1v) is 9.80.